The van der Waals surface area contributed by atoms with Crippen LogP contribution in [-0.4, -0.2) is 91.5 Å². The van der Waals surface area contributed by atoms with Crippen LogP contribution >= 0.6 is 27.4 Å². The first-order chi connectivity index (χ1) is 29.5. The van der Waals surface area contributed by atoms with E-state index in [1.807, 2.05) is 6.07 Å². The van der Waals surface area contributed by atoms with Gasteiger partial charge in [0, 0.05) is 37.4 Å². The number of rotatable bonds is 26. The molecule has 0 bridgehead atoms. The maximum Gasteiger partial charge on any atom is 2.00 e. The first-order valence-electron chi connectivity index (χ1n) is 24.7. The number of nitrogens with zero attached hydrogens (tertiary/aromatic N) is 4. The Hall–Kier alpha value is 0.849. The summed E-state index contributed by atoms with van der Waals surface area (Å²) in [6.45, 7) is 21.2. The van der Waals surface area contributed by atoms with Gasteiger partial charge in [0.05, 0.1) is 64.6 Å². The summed E-state index contributed by atoms with van der Waals surface area (Å²) in [6.07, 6.45) is 32.1. The molecular weight excluding hydrogens is 998 g/mol. The van der Waals surface area contributed by atoms with E-state index in [-0.39, 0.29) is 77.9 Å². The van der Waals surface area contributed by atoms with E-state index in [4.69, 9.17) is 49.9 Å². The molecule has 0 aliphatic heterocycles. The fourth-order valence-corrected chi connectivity index (χ4v) is 12.2. The van der Waals surface area contributed by atoms with Crippen molar-refractivity contribution in [3.63, 3.8) is 0 Å². The Labute approximate surface area is 454 Å². The van der Waals surface area contributed by atoms with Crippen LogP contribution in [0.5, 0.6) is 0 Å². The van der Waals surface area contributed by atoms with Gasteiger partial charge in [-0.15, -0.1) is 0 Å². The third kappa shape index (κ3) is 50.4. The molecule has 2 atom stereocenters. The van der Waals surface area contributed by atoms with Crippen LogP contribution in [-0.2, 0) is 57.2 Å². The minimum absolute atomic E-state index is 0. The molecule has 0 heterocycles. The fraction of sp³-hybridized carbons (Fsp3) is 0.887. The molecular formula is C53H111ClFe2N4O6P2. The van der Waals surface area contributed by atoms with Gasteiger partial charge < -0.3 is 57.9 Å². The van der Waals surface area contributed by atoms with Gasteiger partial charge in [-0.25, -0.2) is 9.34 Å². The van der Waals surface area contributed by atoms with Crippen molar-refractivity contribution >= 4 is 27.4 Å². The van der Waals surface area contributed by atoms with Gasteiger partial charge in [0.1, 0.15) is 0 Å². The molecule has 0 radical (unpaired) electrons. The minimum Gasteiger partial charge on any atom is -0.394 e. The fourth-order valence-electron chi connectivity index (χ4n) is 8.26. The zero-order valence-corrected chi connectivity index (χ0v) is 50.1. The van der Waals surface area contributed by atoms with E-state index in [1.54, 1.807) is 0 Å². The summed E-state index contributed by atoms with van der Waals surface area (Å²) in [4.78, 5) is 0. The van der Waals surface area contributed by atoms with Crippen molar-refractivity contribution in [2.75, 3.05) is 52.9 Å². The second-order valence-electron chi connectivity index (χ2n) is 18.0. The summed E-state index contributed by atoms with van der Waals surface area (Å²) in [6, 6.07) is 5.54. The van der Waals surface area contributed by atoms with E-state index >= 15 is 0 Å². The number of halogens is 1. The van der Waals surface area contributed by atoms with E-state index in [2.05, 4.69) is 70.8 Å². The number of aliphatic hydroxyl groups is 1. The summed E-state index contributed by atoms with van der Waals surface area (Å²) in [7, 11) is -2.22. The van der Waals surface area contributed by atoms with Gasteiger partial charge in [0.2, 0.25) is 7.65 Å². The van der Waals surface area contributed by atoms with Gasteiger partial charge in [0.15, 0.2) is 0 Å². The molecule has 4 rings (SSSR count). The number of nitriles is 2. The molecule has 0 saturated heterocycles. The smallest absolute Gasteiger partial charge is 0.394 e. The van der Waals surface area contributed by atoms with Crippen LogP contribution in [0.1, 0.15) is 217 Å². The maximum absolute atomic E-state index is 8.71. The first kappa shape index (κ1) is 85.6. The van der Waals surface area contributed by atoms with Gasteiger partial charge in [-0.1, -0.05) is 123 Å². The Balaban J connectivity index is -0.000000120. The molecule has 68 heavy (non-hydrogen) atoms. The SMILES string of the molecule is C.C1CCCC1.C1CCCC1.CC(C)N(C(C)C)P(Cl)OCCC#N.CC(C)N(C(C)C)P(OCCC#N)OCCOCCCC1CCCC1.OCCOCCCC1CCCC1.[CH3-].[CH3-].[CH3-].[CH3-].[Fe+2].[Fe+2]. The van der Waals surface area contributed by atoms with E-state index in [0.717, 1.165) is 31.5 Å². The summed E-state index contributed by atoms with van der Waals surface area (Å²) < 4.78 is 32.5. The number of hydrogen-bond acceptors (Lipinski definition) is 10. The van der Waals surface area contributed by atoms with Crippen molar-refractivity contribution in [3.8, 4) is 12.1 Å². The largest absolute Gasteiger partial charge is 2.00 e. The van der Waals surface area contributed by atoms with Gasteiger partial charge in [-0.2, -0.15) is 10.5 Å². The summed E-state index contributed by atoms with van der Waals surface area (Å²) in [5, 5.41) is 25.5. The zero-order valence-electron chi connectivity index (χ0n) is 45.3. The molecule has 15 heteroatoms. The van der Waals surface area contributed by atoms with Gasteiger partial charge in [0.25, 0.3) is 8.53 Å². The molecule has 0 aromatic rings. The third-order valence-corrected chi connectivity index (χ3v) is 15.8. The minimum atomic E-state index is -1.14. The number of ether oxygens (including phenoxy) is 2. The average Bonchev–Trinajstić information content (AvgIpc) is 4.08. The Bertz CT molecular complexity index is 991. The van der Waals surface area contributed by atoms with E-state index in [0.29, 0.717) is 70.0 Å². The predicted molar refractivity (Wildman–Crippen MR) is 292 cm³/mol. The summed E-state index contributed by atoms with van der Waals surface area (Å²) in [5.74, 6) is 1.91. The van der Waals surface area contributed by atoms with Crippen LogP contribution in [0.4, 0.5) is 0 Å². The van der Waals surface area contributed by atoms with Crippen LogP contribution in [0.2, 0.25) is 0 Å². The van der Waals surface area contributed by atoms with Gasteiger partial charge in [-0.05, 0) is 104 Å². The monoisotopic (exact) mass is 1110 g/mol. The molecule has 10 nitrogen and oxygen atoms in total. The molecule has 412 valence electrons. The van der Waals surface area contributed by atoms with E-state index < -0.39 is 16.2 Å². The topological polar surface area (TPSA) is 120 Å². The molecule has 4 fully saturated rings. The molecule has 0 aromatic heterocycles. The Morgan fingerprint density at radius 1 is 0.500 bits per heavy atom. The molecule has 2 unspecified atom stereocenters. The summed E-state index contributed by atoms with van der Waals surface area (Å²) in [5.41, 5.74) is 0. The second-order valence-corrected chi connectivity index (χ2v) is 21.5. The van der Waals surface area contributed by atoms with Crippen LogP contribution < -0.4 is 0 Å². The maximum atomic E-state index is 8.71. The van der Waals surface area contributed by atoms with Crippen LogP contribution in [0.15, 0.2) is 0 Å². The van der Waals surface area contributed by atoms with Crippen LogP contribution in [0.3, 0.4) is 0 Å². The van der Waals surface area contributed by atoms with Crippen LogP contribution in [0, 0.1) is 64.2 Å². The van der Waals surface area contributed by atoms with Crippen molar-refractivity contribution in [1.82, 2.24) is 9.34 Å². The second kappa shape index (κ2) is 62.1. The molecule has 4 aliphatic carbocycles. The van der Waals surface area contributed by atoms with Crippen molar-refractivity contribution in [2.45, 2.75) is 241 Å². The normalized spacial score (nSPS) is 15.9. The molecule has 1 N–H and O–H groups in total. The summed E-state index contributed by atoms with van der Waals surface area (Å²) >= 11 is 6.13. The van der Waals surface area contributed by atoms with Gasteiger partial charge in [-0.3, -0.25) is 0 Å². The standard InChI is InChI=1S/C19H37N2O3P.C10H20O2.C9H18ClN2OP.2C5H10.CH4.4CH3.2Fe/c1-17(2)21(18(3)4)25(23-14-8-12-20)24-16-15-22-13-7-11-19-9-5-6-10-19;11-7-9-12-8-3-6-10-4-1-2-5-10;1-8(2)12(9(3)4)14(10)13-7-5-6-11;2*1-2-4-5-3-1;;;;;;;/h17-19H,5-11,13-16H2,1-4H3;10-11H,1-9H2;8-9H,5,7H2,1-4H3;2*1-5H2;1H4;4*1H3;;/q;;;;;;4*-1;2*+2. The van der Waals surface area contributed by atoms with E-state index in [1.165, 1.54) is 135 Å². The van der Waals surface area contributed by atoms with Crippen molar-refractivity contribution in [1.29, 1.82) is 10.5 Å². The van der Waals surface area contributed by atoms with Crippen molar-refractivity contribution in [2.24, 2.45) is 11.8 Å². The molecule has 4 saturated carbocycles. The Morgan fingerprint density at radius 3 is 1.15 bits per heavy atom. The van der Waals surface area contributed by atoms with Gasteiger partial charge >= 0.3 is 34.1 Å². The Morgan fingerprint density at radius 2 is 0.824 bits per heavy atom. The quantitative estimate of drug-likeness (QED) is 0.0388. The number of hydrogen-bond donors (Lipinski definition) is 1. The molecule has 0 amide bonds. The van der Waals surface area contributed by atoms with Crippen molar-refractivity contribution < 1.29 is 62.3 Å². The van der Waals surface area contributed by atoms with Crippen molar-refractivity contribution in [3.05, 3.63) is 29.7 Å². The third-order valence-electron chi connectivity index (χ3n) is 11.2. The average molecular weight is 1110 g/mol. The van der Waals surface area contributed by atoms with E-state index in [9.17, 15) is 0 Å². The van der Waals surface area contributed by atoms with Crippen LogP contribution in [0.25, 0.3) is 0 Å². The Kier molecular flexibility index (Phi) is 78.2. The zero-order chi connectivity index (χ0) is 45.4. The molecule has 0 aromatic carbocycles. The first-order valence-corrected chi connectivity index (χ1v) is 28.0. The number of aliphatic hydroxyl groups excluding tert-OH is 1. The molecule has 0 spiro atoms. The molecule has 4 aliphatic rings. The predicted octanol–water partition coefficient (Wildman–Crippen LogP) is 17.1.